The minimum atomic E-state index is -0.666. The van der Waals surface area contributed by atoms with Gasteiger partial charge in [0.1, 0.15) is 17.9 Å². The Bertz CT molecular complexity index is 1600. The van der Waals surface area contributed by atoms with Crippen molar-refractivity contribution < 1.29 is 23.9 Å². The molecular formula is C28H25Cl2N5O5. The molecule has 2 N–H and O–H groups in total. The molecule has 40 heavy (non-hydrogen) atoms. The van der Waals surface area contributed by atoms with E-state index in [0.717, 1.165) is 16.6 Å². The number of esters is 1. The molecule has 0 aliphatic heterocycles. The number of urea groups is 1. The minimum absolute atomic E-state index is 0.0433. The number of likely N-dealkylation sites (N-methyl/N-ethyl adjacent to an activating group) is 1. The van der Waals surface area contributed by atoms with E-state index in [1.165, 1.54) is 37.5 Å². The van der Waals surface area contributed by atoms with Gasteiger partial charge in [0, 0.05) is 34.9 Å². The minimum Gasteiger partial charge on any atom is -0.487 e. The van der Waals surface area contributed by atoms with Crippen molar-refractivity contribution in [2.75, 3.05) is 30.9 Å². The van der Waals surface area contributed by atoms with Crippen molar-refractivity contribution in [2.45, 2.75) is 13.5 Å². The van der Waals surface area contributed by atoms with Crippen LogP contribution in [-0.2, 0) is 16.1 Å². The van der Waals surface area contributed by atoms with Crippen LogP contribution < -0.4 is 20.3 Å². The maximum absolute atomic E-state index is 12.9. The number of fused-ring (bicyclic) bond motifs is 1. The number of pyridine rings is 2. The van der Waals surface area contributed by atoms with Crippen LogP contribution in [0.15, 0.2) is 60.9 Å². The average molecular weight is 582 g/mol. The van der Waals surface area contributed by atoms with Crippen molar-refractivity contribution in [2.24, 2.45) is 0 Å². The lowest BCUT2D eigenvalue weighted by molar-refractivity contribution is -0.117. The Morgan fingerprint density at radius 3 is 2.62 bits per heavy atom. The molecule has 0 spiro atoms. The van der Waals surface area contributed by atoms with Crippen molar-refractivity contribution in [3.63, 3.8) is 0 Å². The van der Waals surface area contributed by atoms with E-state index in [0.29, 0.717) is 22.0 Å². The van der Waals surface area contributed by atoms with Crippen LogP contribution in [0.5, 0.6) is 5.75 Å². The van der Waals surface area contributed by atoms with Crippen molar-refractivity contribution in [3.05, 3.63) is 87.8 Å². The van der Waals surface area contributed by atoms with Gasteiger partial charge in [-0.05, 0) is 37.3 Å². The van der Waals surface area contributed by atoms with Gasteiger partial charge in [0.2, 0.25) is 5.91 Å². The molecular weight excluding hydrogens is 557 g/mol. The Morgan fingerprint density at radius 2 is 1.85 bits per heavy atom. The molecule has 0 fully saturated rings. The highest BCUT2D eigenvalue weighted by Crippen LogP contribution is 2.35. The predicted octanol–water partition coefficient (Wildman–Crippen LogP) is 5.40. The number of rotatable bonds is 8. The number of nitrogens with zero attached hydrogens (tertiary/aromatic N) is 3. The molecule has 0 bridgehead atoms. The quantitative estimate of drug-likeness (QED) is 0.267. The first-order valence-electron chi connectivity index (χ1n) is 12.0. The van der Waals surface area contributed by atoms with E-state index < -0.39 is 17.9 Å². The first-order valence-corrected chi connectivity index (χ1v) is 12.7. The third-order valence-corrected chi connectivity index (χ3v) is 6.69. The monoisotopic (exact) mass is 581 g/mol. The van der Waals surface area contributed by atoms with Crippen LogP contribution in [-0.4, -0.2) is 48.6 Å². The van der Waals surface area contributed by atoms with Crippen LogP contribution in [0.1, 0.15) is 21.6 Å². The number of para-hydroxylation sites is 1. The second-order valence-corrected chi connectivity index (χ2v) is 9.43. The van der Waals surface area contributed by atoms with E-state index in [2.05, 4.69) is 25.3 Å². The number of nitrogens with one attached hydrogen (secondary N) is 2. The smallest absolute Gasteiger partial charge is 0.339 e. The average Bonchev–Trinajstić information content (AvgIpc) is 2.95. The van der Waals surface area contributed by atoms with E-state index in [1.54, 1.807) is 12.1 Å². The predicted molar refractivity (Wildman–Crippen MR) is 153 cm³/mol. The van der Waals surface area contributed by atoms with Gasteiger partial charge in [-0.25, -0.2) is 14.6 Å². The summed E-state index contributed by atoms with van der Waals surface area (Å²) in [5.74, 6) is -0.464. The molecule has 2 aromatic heterocycles. The van der Waals surface area contributed by atoms with E-state index in [1.807, 2.05) is 37.3 Å². The van der Waals surface area contributed by atoms with E-state index >= 15 is 0 Å². The molecule has 0 aliphatic carbocycles. The second-order valence-electron chi connectivity index (χ2n) is 8.64. The van der Waals surface area contributed by atoms with Gasteiger partial charge in [-0.15, -0.1) is 0 Å². The molecule has 0 saturated carbocycles. The number of hydrogen-bond acceptors (Lipinski definition) is 7. The Kier molecular flexibility index (Phi) is 9.03. The molecule has 2 heterocycles. The Labute approximate surface area is 240 Å². The summed E-state index contributed by atoms with van der Waals surface area (Å²) in [4.78, 5) is 46.6. The number of carbonyl (C=O) groups is 3. The second kappa shape index (κ2) is 12.6. The topological polar surface area (TPSA) is 123 Å². The maximum atomic E-state index is 12.9. The lowest BCUT2D eigenvalue weighted by atomic mass is 10.1. The normalized spacial score (nSPS) is 10.6. The van der Waals surface area contributed by atoms with Crippen LogP contribution in [0.25, 0.3) is 10.9 Å². The van der Waals surface area contributed by atoms with Crippen molar-refractivity contribution in [3.8, 4) is 5.75 Å². The molecule has 206 valence electrons. The molecule has 0 saturated heterocycles. The zero-order valence-electron chi connectivity index (χ0n) is 21.8. The highest BCUT2D eigenvalue weighted by Gasteiger charge is 2.20. The van der Waals surface area contributed by atoms with Crippen LogP contribution in [0.4, 0.5) is 16.2 Å². The summed E-state index contributed by atoms with van der Waals surface area (Å²) in [7, 11) is 2.77. The molecule has 10 nitrogen and oxygen atoms in total. The summed E-state index contributed by atoms with van der Waals surface area (Å²) in [5, 5.41) is 6.53. The van der Waals surface area contributed by atoms with Gasteiger partial charge in [-0.1, -0.05) is 41.4 Å². The lowest BCUT2D eigenvalue weighted by Gasteiger charge is -2.21. The molecule has 12 heteroatoms. The molecule has 0 aliphatic rings. The lowest BCUT2D eigenvalue weighted by Crippen LogP contribution is -2.40. The third kappa shape index (κ3) is 6.59. The number of halogens is 2. The van der Waals surface area contributed by atoms with Gasteiger partial charge in [0.25, 0.3) is 0 Å². The third-order valence-electron chi connectivity index (χ3n) is 5.91. The van der Waals surface area contributed by atoms with Crippen LogP contribution in [0.3, 0.4) is 0 Å². The number of benzene rings is 2. The maximum Gasteiger partial charge on any atom is 0.339 e. The van der Waals surface area contributed by atoms with Gasteiger partial charge in [0.05, 0.1) is 41.8 Å². The van der Waals surface area contributed by atoms with Crippen LogP contribution >= 0.6 is 23.2 Å². The van der Waals surface area contributed by atoms with E-state index in [-0.39, 0.29) is 29.4 Å². The highest BCUT2D eigenvalue weighted by atomic mass is 35.5. The summed E-state index contributed by atoms with van der Waals surface area (Å²) in [6, 6.07) is 13.5. The summed E-state index contributed by atoms with van der Waals surface area (Å²) >= 11 is 13.1. The molecule has 3 amide bonds. The Hall–Kier alpha value is -4.41. The first-order chi connectivity index (χ1) is 19.2. The Morgan fingerprint density at radius 1 is 1.05 bits per heavy atom. The number of hydrogen-bond donors (Lipinski definition) is 2. The largest absolute Gasteiger partial charge is 0.487 e. The summed E-state index contributed by atoms with van der Waals surface area (Å²) in [6.07, 6.45) is 2.66. The first kappa shape index (κ1) is 28.6. The van der Waals surface area contributed by atoms with Gasteiger partial charge >= 0.3 is 12.0 Å². The summed E-state index contributed by atoms with van der Waals surface area (Å²) in [6.45, 7) is 1.61. The number of carbonyl (C=O) groups excluding carboxylic acids is 3. The number of methoxy groups -OCH3 is 1. The zero-order chi connectivity index (χ0) is 28.8. The van der Waals surface area contributed by atoms with Crippen molar-refractivity contribution in [1.82, 2.24) is 15.3 Å². The zero-order valence-corrected chi connectivity index (χ0v) is 23.3. The van der Waals surface area contributed by atoms with E-state index in [4.69, 9.17) is 27.9 Å². The summed E-state index contributed by atoms with van der Waals surface area (Å²) < 4.78 is 10.7. The standard InChI is InChI=1S/C28H25Cl2N5O5/c1-16-7-8-17-5-4-6-23(26(17)33-16)40-15-20-21(29)9-10-22(25(20)30)35(2)24(36)14-32-28(38)34-19-11-18(12-31-13-19)27(37)39-3/h4-13H,14-15H2,1-3H3,(H2,32,34,38). The van der Waals surface area contributed by atoms with E-state index in [9.17, 15) is 14.4 Å². The van der Waals surface area contributed by atoms with Crippen molar-refractivity contribution >= 4 is 63.4 Å². The number of ether oxygens (including phenoxy) is 2. The molecule has 2 aromatic carbocycles. The molecule has 0 unspecified atom stereocenters. The fraction of sp³-hybridized carbons (Fsp3) is 0.179. The molecule has 4 aromatic rings. The highest BCUT2D eigenvalue weighted by molar-refractivity contribution is 6.38. The Balaban J connectivity index is 1.41. The summed E-state index contributed by atoms with van der Waals surface area (Å²) in [5.41, 5.74) is 2.88. The number of aryl methyl sites for hydroxylation is 1. The number of anilines is 2. The number of aromatic nitrogens is 2. The molecule has 4 rings (SSSR count). The van der Waals surface area contributed by atoms with Gasteiger partial charge < -0.3 is 25.0 Å². The fourth-order valence-electron chi connectivity index (χ4n) is 3.78. The van der Waals surface area contributed by atoms with Gasteiger partial charge in [-0.3, -0.25) is 9.78 Å². The molecule has 0 atom stereocenters. The van der Waals surface area contributed by atoms with Crippen molar-refractivity contribution in [1.29, 1.82) is 0 Å². The van der Waals surface area contributed by atoms with Crippen LogP contribution in [0, 0.1) is 6.92 Å². The fourth-order valence-corrected chi connectivity index (χ4v) is 4.39. The molecule has 0 radical (unpaired) electrons. The number of amides is 3. The van der Waals surface area contributed by atoms with Crippen LogP contribution in [0.2, 0.25) is 10.0 Å². The SMILES string of the molecule is COC(=O)c1cncc(NC(=O)NCC(=O)N(C)c2ccc(Cl)c(COc3cccc4ccc(C)nc34)c2Cl)c1. The van der Waals surface area contributed by atoms with Gasteiger partial charge in [0.15, 0.2) is 0 Å². The van der Waals surface area contributed by atoms with Gasteiger partial charge in [-0.2, -0.15) is 0 Å².